The number of ether oxygens (including phenoxy) is 1. The average Bonchev–Trinajstić information content (AvgIpc) is 2.75. The maximum atomic E-state index is 6.04. The molecule has 3 aliphatic rings. The van der Waals surface area contributed by atoms with Gasteiger partial charge in [0.15, 0.2) is 0 Å². The van der Waals surface area contributed by atoms with E-state index in [0.29, 0.717) is 11.5 Å². The second-order valence-electron chi connectivity index (χ2n) is 6.74. The lowest BCUT2D eigenvalue weighted by Gasteiger charge is -2.43. The molecule has 0 aromatic rings. The molecule has 0 aromatic carbocycles. The highest BCUT2D eigenvalue weighted by molar-refractivity contribution is 5.10. The van der Waals surface area contributed by atoms with E-state index in [9.17, 15) is 0 Å². The summed E-state index contributed by atoms with van der Waals surface area (Å²) in [6.07, 6.45) is 8.33. The van der Waals surface area contributed by atoms with E-state index >= 15 is 0 Å². The van der Waals surface area contributed by atoms with Crippen molar-refractivity contribution in [3.63, 3.8) is 0 Å². The molecule has 1 aliphatic heterocycles. The van der Waals surface area contributed by atoms with Crippen LogP contribution in [-0.4, -0.2) is 12.7 Å². The zero-order valence-corrected chi connectivity index (χ0v) is 10.8. The normalized spacial score (nSPS) is 45.8. The minimum Gasteiger partial charge on any atom is -0.374 e. The fourth-order valence-corrected chi connectivity index (χ4v) is 4.68. The summed E-state index contributed by atoms with van der Waals surface area (Å²) >= 11 is 0. The molecule has 0 radical (unpaired) electrons. The van der Waals surface area contributed by atoms with Crippen LogP contribution in [0.5, 0.6) is 0 Å². The molecule has 1 heteroatoms. The molecule has 4 atom stereocenters. The van der Waals surface area contributed by atoms with Crippen molar-refractivity contribution in [1.29, 1.82) is 0 Å². The lowest BCUT2D eigenvalue weighted by Crippen LogP contribution is -2.41. The highest BCUT2D eigenvalue weighted by atomic mass is 16.5. The topological polar surface area (TPSA) is 9.23 Å². The van der Waals surface area contributed by atoms with Gasteiger partial charge in [0.05, 0.1) is 12.7 Å². The molecule has 0 amide bonds. The minimum atomic E-state index is 0.510. The largest absolute Gasteiger partial charge is 0.374 e. The molecule has 4 unspecified atom stereocenters. The van der Waals surface area contributed by atoms with Crippen LogP contribution in [0.2, 0.25) is 0 Å². The maximum absolute atomic E-state index is 6.04. The molecule has 2 saturated carbocycles. The second-order valence-corrected chi connectivity index (χ2v) is 6.74. The Labute approximate surface area is 99.3 Å². The summed E-state index contributed by atoms with van der Waals surface area (Å²) in [5.74, 6) is 2.74. The zero-order chi connectivity index (χ0) is 11.3. The van der Waals surface area contributed by atoms with Gasteiger partial charge in [-0.3, -0.25) is 0 Å². The second kappa shape index (κ2) is 3.60. The lowest BCUT2D eigenvalue weighted by atomic mass is 9.65. The zero-order valence-electron chi connectivity index (χ0n) is 10.8. The van der Waals surface area contributed by atoms with Gasteiger partial charge in [-0.2, -0.15) is 0 Å². The Morgan fingerprint density at radius 1 is 1.31 bits per heavy atom. The third kappa shape index (κ3) is 1.48. The Kier molecular flexibility index (Phi) is 2.43. The van der Waals surface area contributed by atoms with Crippen molar-refractivity contribution in [2.24, 2.45) is 23.2 Å². The number of hydrogen-bond donors (Lipinski definition) is 0. The van der Waals surface area contributed by atoms with Crippen molar-refractivity contribution < 1.29 is 4.74 Å². The number of fused-ring (bicyclic) bond motifs is 2. The number of rotatable bonds is 1. The molecule has 3 rings (SSSR count). The molecule has 90 valence electrons. The third-order valence-electron chi connectivity index (χ3n) is 5.56. The first-order valence-electron chi connectivity index (χ1n) is 6.86. The summed E-state index contributed by atoms with van der Waals surface area (Å²) in [5, 5.41) is 0. The third-order valence-corrected chi connectivity index (χ3v) is 5.56. The molecular weight excluding hydrogens is 196 g/mol. The molecule has 0 aromatic heterocycles. The molecule has 2 aliphatic carbocycles. The minimum absolute atomic E-state index is 0.510. The van der Waals surface area contributed by atoms with Gasteiger partial charge in [0.2, 0.25) is 0 Å². The van der Waals surface area contributed by atoms with Crippen LogP contribution in [0.25, 0.3) is 0 Å². The van der Waals surface area contributed by atoms with Crippen molar-refractivity contribution in [2.75, 3.05) is 6.61 Å². The Morgan fingerprint density at radius 3 is 2.75 bits per heavy atom. The van der Waals surface area contributed by atoms with Crippen molar-refractivity contribution in [3.8, 4) is 0 Å². The molecular formula is C15H24O. The monoisotopic (exact) mass is 220 g/mol. The first-order valence-corrected chi connectivity index (χ1v) is 6.86. The van der Waals surface area contributed by atoms with Crippen molar-refractivity contribution in [1.82, 2.24) is 0 Å². The summed E-state index contributed by atoms with van der Waals surface area (Å²) in [4.78, 5) is 0. The molecule has 0 spiro atoms. The van der Waals surface area contributed by atoms with Gasteiger partial charge in [-0.05, 0) is 55.8 Å². The first-order chi connectivity index (χ1) is 7.59. The fraction of sp³-hybridized carbons (Fsp3) is 0.867. The molecule has 16 heavy (non-hydrogen) atoms. The fourth-order valence-electron chi connectivity index (χ4n) is 4.68. The quantitative estimate of drug-likeness (QED) is 0.611. The molecule has 0 saturated heterocycles. The van der Waals surface area contributed by atoms with E-state index in [1.807, 2.05) is 0 Å². The van der Waals surface area contributed by atoms with E-state index in [-0.39, 0.29) is 0 Å². The Bertz CT molecular complexity index is 315. The summed E-state index contributed by atoms with van der Waals surface area (Å²) in [6.45, 7) is 8.08. The van der Waals surface area contributed by atoms with Gasteiger partial charge in [0.1, 0.15) is 0 Å². The molecule has 0 N–H and O–H groups in total. The van der Waals surface area contributed by atoms with Crippen LogP contribution in [0.15, 0.2) is 11.6 Å². The van der Waals surface area contributed by atoms with Gasteiger partial charge in [0.25, 0.3) is 0 Å². The van der Waals surface area contributed by atoms with Crippen LogP contribution in [0.4, 0.5) is 0 Å². The summed E-state index contributed by atoms with van der Waals surface area (Å²) < 4.78 is 6.04. The number of hydrogen-bond acceptors (Lipinski definition) is 1. The van der Waals surface area contributed by atoms with Crippen molar-refractivity contribution >= 4 is 0 Å². The van der Waals surface area contributed by atoms with E-state index in [1.165, 1.54) is 31.3 Å². The molecule has 2 fully saturated rings. The maximum Gasteiger partial charge on any atom is 0.0654 e. The van der Waals surface area contributed by atoms with Gasteiger partial charge in [-0.25, -0.2) is 0 Å². The predicted octanol–water partition coefficient (Wildman–Crippen LogP) is 3.79. The lowest BCUT2D eigenvalue weighted by molar-refractivity contribution is -0.0473. The first kappa shape index (κ1) is 10.8. The van der Waals surface area contributed by atoms with E-state index < -0.39 is 0 Å². The summed E-state index contributed by atoms with van der Waals surface area (Å²) in [5.41, 5.74) is 2.06. The highest BCUT2D eigenvalue weighted by Crippen LogP contribution is 2.61. The van der Waals surface area contributed by atoms with Crippen LogP contribution in [-0.2, 0) is 4.74 Å². The Balaban J connectivity index is 1.82. The molecule has 1 nitrogen and oxygen atoms in total. The van der Waals surface area contributed by atoms with Crippen LogP contribution >= 0.6 is 0 Å². The van der Waals surface area contributed by atoms with Gasteiger partial charge in [-0.15, -0.1) is 0 Å². The molecule has 2 bridgehead atoms. The van der Waals surface area contributed by atoms with E-state index in [1.54, 1.807) is 0 Å². The van der Waals surface area contributed by atoms with Crippen molar-refractivity contribution in [3.05, 3.63) is 11.6 Å². The SMILES string of the molecule is CC1=CCOC(C2C3CCC(C3)C2(C)C)C1. The standard InChI is InChI=1S/C15H24O/c1-10-6-7-16-13(8-10)14-11-4-5-12(9-11)15(14,2)3/h6,11-14H,4-5,7-9H2,1-3H3. The molecule has 1 heterocycles. The van der Waals surface area contributed by atoms with E-state index in [2.05, 4.69) is 26.8 Å². The summed E-state index contributed by atoms with van der Waals surface area (Å²) in [7, 11) is 0. The van der Waals surface area contributed by atoms with Crippen LogP contribution < -0.4 is 0 Å². The Morgan fingerprint density at radius 2 is 2.12 bits per heavy atom. The highest BCUT2D eigenvalue weighted by Gasteiger charge is 2.55. The van der Waals surface area contributed by atoms with Gasteiger partial charge in [0, 0.05) is 0 Å². The van der Waals surface area contributed by atoms with Crippen LogP contribution in [0.3, 0.4) is 0 Å². The van der Waals surface area contributed by atoms with E-state index in [4.69, 9.17) is 4.74 Å². The van der Waals surface area contributed by atoms with Gasteiger partial charge in [-0.1, -0.05) is 25.5 Å². The van der Waals surface area contributed by atoms with Crippen LogP contribution in [0.1, 0.15) is 46.5 Å². The van der Waals surface area contributed by atoms with Gasteiger partial charge < -0.3 is 4.74 Å². The van der Waals surface area contributed by atoms with E-state index in [0.717, 1.165) is 24.4 Å². The van der Waals surface area contributed by atoms with Crippen LogP contribution in [0, 0.1) is 23.2 Å². The summed E-state index contributed by atoms with van der Waals surface area (Å²) in [6, 6.07) is 0. The smallest absolute Gasteiger partial charge is 0.0654 e. The van der Waals surface area contributed by atoms with Crippen molar-refractivity contribution in [2.45, 2.75) is 52.6 Å². The predicted molar refractivity (Wildman–Crippen MR) is 66.2 cm³/mol. The van der Waals surface area contributed by atoms with Gasteiger partial charge >= 0.3 is 0 Å². The Hall–Kier alpha value is -0.300. The average molecular weight is 220 g/mol.